The van der Waals surface area contributed by atoms with Gasteiger partial charge in [0.1, 0.15) is 0 Å². The first-order chi connectivity index (χ1) is 10.5. The third kappa shape index (κ3) is 3.75. The van der Waals surface area contributed by atoms with E-state index in [-0.39, 0.29) is 29.6 Å². The first-order valence-corrected chi connectivity index (χ1v) is 7.36. The number of nitrogens with zero attached hydrogens (tertiary/aromatic N) is 1. The second-order valence-corrected chi connectivity index (χ2v) is 5.51. The van der Waals surface area contributed by atoms with E-state index in [9.17, 15) is 14.0 Å². The van der Waals surface area contributed by atoms with E-state index in [0.29, 0.717) is 19.5 Å². The highest BCUT2D eigenvalue weighted by molar-refractivity contribution is 5.95. The molecule has 0 bridgehead atoms. The van der Waals surface area contributed by atoms with Crippen molar-refractivity contribution in [1.29, 1.82) is 0 Å². The molecule has 0 aromatic heterocycles. The van der Waals surface area contributed by atoms with Crippen molar-refractivity contribution >= 4 is 11.9 Å². The average molecular weight is 309 g/mol. The molecule has 0 spiro atoms. The van der Waals surface area contributed by atoms with Crippen molar-refractivity contribution in [2.24, 2.45) is 5.92 Å². The summed E-state index contributed by atoms with van der Waals surface area (Å²) in [4.78, 5) is 24.7. The Morgan fingerprint density at radius 3 is 2.91 bits per heavy atom. The normalized spacial score (nSPS) is 18.1. The number of hydrogen-bond donors (Lipinski definition) is 1. The fourth-order valence-corrected chi connectivity index (χ4v) is 2.82. The Bertz CT molecular complexity index is 561. The van der Waals surface area contributed by atoms with E-state index in [1.165, 1.54) is 19.2 Å². The summed E-state index contributed by atoms with van der Waals surface area (Å²) in [5, 5.41) is 8.75. The standard InChI is InChI=1S/C16H20FNO4/c1-22-13-6-2-5-12(15(13)17)16(21)18-9-3-4-11(10-18)7-8-14(19)20/h2,5-6,11H,3-4,7-10H2,1H3,(H,19,20). The topological polar surface area (TPSA) is 66.8 Å². The van der Waals surface area contributed by atoms with Gasteiger partial charge in [-0.15, -0.1) is 0 Å². The number of halogens is 1. The predicted octanol–water partition coefficient (Wildman–Crippen LogP) is 2.55. The Morgan fingerprint density at radius 2 is 2.23 bits per heavy atom. The van der Waals surface area contributed by atoms with Gasteiger partial charge in [0.15, 0.2) is 11.6 Å². The number of rotatable bonds is 5. The van der Waals surface area contributed by atoms with Crippen molar-refractivity contribution in [3.05, 3.63) is 29.6 Å². The first-order valence-electron chi connectivity index (χ1n) is 7.36. The molecule has 2 rings (SSSR count). The van der Waals surface area contributed by atoms with Crippen LogP contribution >= 0.6 is 0 Å². The molecule has 1 aliphatic rings. The van der Waals surface area contributed by atoms with Crippen molar-refractivity contribution in [3.8, 4) is 5.75 Å². The van der Waals surface area contributed by atoms with Crippen LogP contribution in [-0.2, 0) is 4.79 Å². The summed E-state index contributed by atoms with van der Waals surface area (Å²) in [6.45, 7) is 1.04. The maximum Gasteiger partial charge on any atom is 0.303 e. The van der Waals surface area contributed by atoms with E-state index in [1.807, 2.05) is 0 Å². The quantitative estimate of drug-likeness (QED) is 0.907. The molecule has 0 aliphatic carbocycles. The number of piperidine rings is 1. The molecule has 1 unspecified atom stereocenters. The van der Waals surface area contributed by atoms with Gasteiger partial charge >= 0.3 is 5.97 Å². The Hall–Kier alpha value is -2.11. The zero-order valence-corrected chi connectivity index (χ0v) is 12.5. The fourth-order valence-electron chi connectivity index (χ4n) is 2.82. The summed E-state index contributed by atoms with van der Waals surface area (Å²) < 4.78 is 19.1. The SMILES string of the molecule is COc1cccc(C(=O)N2CCCC(CCC(=O)O)C2)c1F. The lowest BCUT2D eigenvalue weighted by molar-refractivity contribution is -0.137. The number of carbonyl (C=O) groups is 2. The van der Waals surface area contributed by atoms with Gasteiger partial charge in [-0.2, -0.15) is 0 Å². The van der Waals surface area contributed by atoms with Gasteiger partial charge in [0.05, 0.1) is 12.7 Å². The van der Waals surface area contributed by atoms with Crippen LogP contribution in [0.25, 0.3) is 0 Å². The van der Waals surface area contributed by atoms with Crippen molar-refractivity contribution < 1.29 is 23.8 Å². The number of carboxylic acid groups (broad SMARTS) is 1. The predicted molar refractivity (Wildman–Crippen MR) is 78.4 cm³/mol. The van der Waals surface area contributed by atoms with E-state index in [2.05, 4.69) is 0 Å². The number of hydrogen-bond acceptors (Lipinski definition) is 3. The van der Waals surface area contributed by atoms with E-state index in [1.54, 1.807) is 11.0 Å². The Labute approximate surface area is 128 Å². The van der Waals surface area contributed by atoms with Crippen molar-refractivity contribution in [1.82, 2.24) is 4.90 Å². The number of methoxy groups -OCH3 is 1. The van der Waals surface area contributed by atoms with Gasteiger partial charge < -0.3 is 14.7 Å². The third-order valence-corrected chi connectivity index (χ3v) is 3.99. The molecule has 120 valence electrons. The minimum absolute atomic E-state index is 0.00163. The minimum atomic E-state index is -0.831. The van der Waals surface area contributed by atoms with E-state index in [0.717, 1.165) is 12.8 Å². The van der Waals surface area contributed by atoms with Gasteiger partial charge in [0.2, 0.25) is 0 Å². The molecule has 22 heavy (non-hydrogen) atoms. The lowest BCUT2D eigenvalue weighted by atomic mass is 9.93. The summed E-state index contributed by atoms with van der Waals surface area (Å²) in [5.74, 6) is -1.64. The Kier molecular flexibility index (Phi) is 5.35. The van der Waals surface area contributed by atoms with Crippen LogP contribution in [0, 0.1) is 11.7 Å². The first kappa shape index (κ1) is 16.3. The smallest absolute Gasteiger partial charge is 0.303 e. The number of carbonyl (C=O) groups excluding carboxylic acids is 1. The molecule has 1 aromatic rings. The molecule has 0 radical (unpaired) electrons. The second kappa shape index (κ2) is 7.24. The minimum Gasteiger partial charge on any atom is -0.494 e. The van der Waals surface area contributed by atoms with Crippen LogP contribution in [0.1, 0.15) is 36.0 Å². The van der Waals surface area contributed by atoms with Crippen molar-refractivity contribution in [2.75, 3.05) is 20.2 Å². The molecule has 1 fully saturated rings. The lowest BCUT2D eigenvalue weighted by Gasteiger charge is -2.32. The summed E-state index contributed by atoms with van der Waals surface area (Å²) >= 11 is 0. The van der Waals surface area contributed by atoms with Crippen LogP contribution in [0.4, 0.5) is 4.39 Å². The fraction of sp³-hybridized carbons (Fsp3) is 0.500. The molecule has 1 saturated heterocycles. The van der Waals surface area contributed by atoms with E-state index < -0.39 is 11.8 Å². The number of amides is 1. The molecule has 0 saturated carbocycles. The van der Waals surface area contributed by atoms with Crippen molar-refractivity contribution in [2.45, 2.75) is 25.7 Å². The number of ether oxygens (including phenoxy) is 1. The molecule has 6 heteroatoms. The van der Waals surface area contributed by atoms with Gasteiger partial charge in [-0.1, -0.05) is 6.07 Å². The van der Waals surface area contributed by atoms with Crippen LogP contribution in [0.3, 0.4) is 0 Å². The van der Waals surface area contributed by atoms with Gasteiger partial charge in [-0.3, -0.25) is 9.59 Å². The highest BCUT2D eigenvalue weighted by Crippen LogP contribution is 2.25. The molecular weight excluding hydrogens is 289 g/mol. The molecule has 5 nitrogen and oxygen atoms in total. The van der Waals surface area contributed by atoms with Gasteiger partial charge in [-0.05, 0) is 37.3 Å². The highest BCUT2D eigenvalue weighted by Gasteiger charge is 2.27. The maximum atomic E-state index is 14.2. The molecule has 1 amide bonds. The second-order valence-electron chi connectivity index (χ2n) is 5.51. The van der Waals surface area contributed by atoms with Crippen LogP contribution in [0.2, 0.25) is 0 Å². The maximum absolute atomic E-state index is 14.2. The average Bonchev–Trinajstić information content (AvgIpc) is 2.53. The van der Waals surface area contributed by atoms with Gasteiger partial charge in [0.25, 0.3) is 5.91 Å². The Morgan fingerprint density at radius 1 is 1.45 bits per heavy atom. The monoisotopic (exact) mass is 309 g/mol. The summed E-state index contributed by atoms with van der Waals surface area (Å²) in [6, 6.07) is 4.50. The van der Waals surface area contributed by atoms with Crippen LogP contribution in [0.5, 0.6) is 5.75 Å². The number of aliphatic carboxylic acids is 1. The lowest BCUT2D eigenvalue weighted by Crippen LogP contribution is -2.40. The van der Waals surface area contributed by atoms with E-state index in [4.69, 9.17) is 9.84 Å². The number of likely N-dealkylation sites (tertiary alicyclic amines) is 1. The number of benzene rings is 1. The van der Waals surface area contributed by atoms with Crippen molar-refractivity contribution in [3.63, 3.8) is 0 Å². The summed E-state index contributed by atoms with van der Waals surface area (Å²) in [7, 11) is 1.36. The third-order valence-electron chi connectivity index (χ3n) is 3.99. The largest absolute Gasteiger partial charge is 0.494 e. The molecule has 1 N–H and O–H groups in total. The zero-order chi connectivity index (χ0) is 16.1. The highest BCUT2D eigenvalue weighted by atomic mass is 19.1. The van der Waals surface area contributed by atoms with Gasteiger partial charge in [0, 0.05) is 19.5 Å². The summed E-state index contributed by atoms with van der Waals surface area (Å²) in [5.41, 5.74) is -0.00163. The molecule has 1 heterocycles. The molecule has 1 aliphatic heterocycles. The van der Waals surface area contributed by atoms with Crippen LogP contribution in [-0.4, -0.2) is 42.1 Å². The zero-order valence-electron chi connectivity index (χ0n) is 12.5. The van der Waals surface area contributed by atoms with E-state index >= 15 is 0 Å². The van der Waals surface area contributed by atoms with Crippen LogP contribution < -0.4 is 4.74 Å². The molecular formula is C16H20FNO4. The molecule has 1 atom stereocenters. The van der Waals surface area contributed by atoms with Crippen LogP contribution in [0.15, 0.2) is 18.2 Å². The molecule has 1 aromatic carbocycles. The summed E-state index contributed by atoms with van der Waals surface area (Å²) in [6.07, 6.45) is 2.35. The Balaban J connectivity index is 2.07. The van der Waals surface area contributed by atoms with Gasteiger partial charge in [-0.25, -0.2) is 4.39 Å². The number of carboxylic acids is 1.